The largest absolute Gasteiger partial charge is 0.354 e. The van der Waals surface area contributed by atoms with Gasteiger partial charge < -0.3 is 15.2 Å². The van der Waals surface area contributed by atoms with E-state index >= 15 is 0 Å². The summed E-state index contributed by atoms with van der Waals surface area (Å²) in [5.41, 5.74) is 2.26. The van der Waals surface area contributed by atoms with Crippen molar-refractivity contribution in [3.05, 3.63) is 48.5 Å². The number of nitrogens with one attached hydrogen (secondary N) is 2. The molecule has 25 heavy (non-hydrogen) atoms. The van der Waals surface area contributed by atoms with Crippen LogP contribution >= 0.6 is 0 Å². The van der Waals surface area contributed by atoms with Crippen LogP contribution in [-0.4, -0.2) is 45.5 Å². The number of carbonyl (C=O) groups is 1. The van der Waals surface area contributed by atoms with Gasteiger partial charge in [0, 0.05) is 25.2 Å². The minimum absolute atomic E-state index is 0.0179. The number of hydrogen-bond donors (Lipinski definition) is 2. The molecule has 0 radical (unpaired) electrons. The van der Waals surface area contributed by atoms with Crippen LogP contribution in [0.1, 0.15) is 23.2 Å². The number of piperidine rings is 1. The molecule has 1 amide bonds. The first-order valence-corrected chi connectivity index (χ1v) is 8.53. The molecular weight excluding hydrogens is 316 g/mol. The summed E-state index contributed by atoms with van der Waals surface area (Å²) in [6.45, 7) is 2.48. The fourth-order valence-corrected chi connectivity index (χ4v) is 3.34. The molecule has 1 aliphatic rings. The van der Waals surface area contributed by atoms with Crippen molar-refractivity contribution < 1.29 is 4.79 Å². The molecule has 1 aromatic carbocycles. The first kappa shape index (κ1) is 15.6. The van der Waals surface area contributed by atoms with E-state index in [1.165, 1.54) is 0 Å². The van der Waals surface area contributed by atoms with Gasteiger partial charge in [0.15, 0.2) is 11.5 Å². The molecule has 1 saturated heterocycles. The summed E-state index contributed by atoms with van der Waals surface area (Å²) in [7, 11) is 0. The van der Waals surface area contributed by atoms with Crippen LogP contribution in [0.2, 0.25) is 0 Å². The molecule has 7 nitrogen and oxygen atoms in total. The van der Waals surface area contributed by atoms with Crippen LogP contribution in [0.3, 0.4) is 0 Å². The number of aromatic nitrogens is 4. The van der Waals surface area contributed by atoms with Gasteiger partial charge in [0.25, 0.3) is 5.91 Å². The number of amides is 1. The van der Waals surface area contributed by atoms with Crippen LogP contribution in [0.4, 0.5) is 5.82 Å². The molecule has 1 aliphatic heterocycles. The summed E-state index contributed by atoms with van der Waals surface area (Å²) in [4.78, 5) is 30.4. The van der Waals surface area contributed by atoms with Crippen molar-refractivity contribution in [2.75, 3.05) is 24.5 Å². The zero-order valence-electron chi connectivity index (χ0n) is 13.9. The molecule has 0 bridgehead atoms. The van der Waals surface area contributed by atoms with Gasteiger partial charge >= 0.3 is 0 Å². The van der Waals surface area contributed by atoms with Crippen LogP contribution in [0.15, 0.2) is 43.0 Å². The van der Waals surface area contributed by atoms with Gasteiger partial charge in [-0.1, -0.05) is 18.2 Å². The smallest absolute Gasteiger partial charge is 0.251 e. The zero-order valence-corrected chi connectivity index (χ0v) is 13.9. The van der Waals surface area contributed by atoms with Gasteiger partial charge in [-0.3, -0.25) is 4.79 Å². The molecule has 4 rings (SSSR count). The van der Waals surface area contributed by atoms with Crippen molar-refractivity contribution in [2.45, 2.75) is 12.8 Å². The van der Waals surface area contributed by atoms with Gasteiger partial charge in [0.05, 0.1) is 6.33 Å². The van der Waals surface area contributed by atoms with Gasteiger partial charge in [-0.2, -0.15) is 0 Å². The predicted molar refractivity (Wildman–Crippen MR) is 95.4 cm³/mol. The van der Waals surface area contributed by atoms with Crippen molar-refractivity contribution in [2.24, 2.45) is 5.92 Å². The van der Waals surface area contributed by atoms with Crippen molar-refractivity contribution in [1.29, 1.82) is 0 Å². The number of H-pyrrole nitrogens is 1. The Bertz CT molecular complexity index is 862. The molecule has 0 saturated carbocycles. The quantitative estimate of drug-likeness (QED) is 0.761. The maximum absolute atomic E-state index is 12.2. The van der Waals surface area contributed by atoms with E-state index in [1.807, 2.05) is 30.3 Å². The third kappa shape index (κ3) is 3.31. The minimum atomic E-state index is -0.0179. The molecule has 2 aromatic heterocycles. The number of anilines is 1. The van der Waals surface area contributed by atoms with Crippen molar-refractivity contribution in [3.63, 3.8) is 0 Å². The summed E-state index contributed by atoms with van der Waals surface area (Å²) in [5.74, 6) is 1.27. The number of rotatable bonds is 4. The Kier molecular flexibility index (Phi) is 4.28. The van der Waals surface area contributed by atoms with Gasteiger partial charge in [-0.05, 0) is 30.9 Å². The lowest BCUT2D eigenvalue weighted by Crippen LogP contribution is -2.41. The topological polar surface area (TPSA) is 86.8 Å². The summed E-state index contributed by atoms with van der Waals surface area (Å²) in [6.07, 6.45) is 5.37. The van der Waals surface area contributed by atoms with Crippen LogP contribution < -0.4 is 10.2 Å². The van der Waals surface area contributed by atoms with Gasteiger partial charge in [-0.25, -0.2) is 15.0 Å². The molecule has 1 atom stereocenters. The van der Waals surface area contributed by atoms with Crippen molar-refractivity contribution >= 4 is 22.9 Å². The number of nitrogens with zero attached hydrogens (tertiary/aromatic N) is 4. The number of benzene rings is 1. The van der Waals surface area contributed by atoms with E-state index in [0.717, 1.165) is 37.3 Å². The number of aromatic amines is 1. The Morgan fingerprint density at radius 2 is 2.12 bits per heavy atom. The van der Waals surface area contributed by atoms with E-state index < -0.39 is 0 Å². The second-order valence-corrected chi connectivity index (χ2v) is 6.33. The van der Waals surface area contributed by atoms with E-state index in [9.17, 15) is 4.79 Å². The second kappa shape index (κ2) is 6.88. The monoisotopic (exact) mass is 336 g/mol. The van der Waals surface area contributed by atoms with Crippen LogP contribution in [0, 0.1) is 5.92 Å². The first-order valence-electron chi connectivity index (χ1n) is 8.53. The molecule has 3 heterocycles. The molecule has 0 unspecified atom stereocenters. The van der Waals surface area contributed by atoms with Crippen molar-refractivity contribution in [3.8, 4) is 0 Å². The lowest BCUT2D eigenvalue weighted by molar-refractivity contribution is 0.0945. The van der Waals surface area contributed by atoms with E-state index in [-0.39, 0.29) is 5.91 Å². The highest BCUT2D eigenvalue weighted by atomic mass is 16.1. The van der Waals surface area contributed by atoms with Crippen LogP contribution in [-0.2, 0) is 0 Å². The van der Waals surface area contributed by atoms with Crippen molar-refractivity contribution in [1.82, 2.24) is 25.3 Å². The third-order valence-electron chi connectivity index (χ3n) is 4.61. The fraction of sp³-hybridized carbons (Fsp3) is 0.333. The molecule has 0 aliphatic carbocycles. The molecule has 128 valence electrons. The Hall–Kier alpha value is -2.96. The average molecular weight is 336 g/mol. The lowest BCUT2D eigenvalue weighted by atomic mass is 9.97. The van der Waals surface area contributed by atoms with Crippen LogP contribution in [0.25, 0.3) is 11.2 Å². The van der Waals surface area contributed by atoms with E-state index in [2.05, 4.69) is 30.2 Å². The molecule has 3 aromatic rings. The fourth-order valence-electron chi connectivity index (χ4n) is 3.34. The third-order valence-corrected chi connectivity index (χ3v) is 4.61. The lowest BCUT2D eigenvalue weighted by Gasteiger charge is -2.33. The molecule has 2 N–H and O–H groups in total. The Labute approximate surface area is 145 Å². The average Bonchev–Trinajstić information content (AvgIpc) is 3.16. The van der Waals surface area contributed by atoms with Gasteiger partial charge in [0.1, 0.15) is 11.8 Å². The minimum Gasteiger partial charge on any atom is -0.354 e. The Morgan fingerprint density at radius 3 is 3.00 bits per heavy atom. The highest BCUT2D eigenvalue weighted by molar-refractivity contribution is 5.94. The number of hydrogen-bond acceptors (Lipinski definition) is 5. The summed E-state index contributed by atoms with van der Waals surface area (Å²) in [5, 5.41) is 3.05. The summed E-state index contributed by atoms with van der Waals surface area (Å²) < 4.78 is 0. The van der Waals surface area contributed by atoms with Gasteiger partial charge in [0.2, 0.25) is 0 Å². The predicted octanol–water partition coefficient (Wildman–Crippen LogP) is 2.00. The second-order valence-electron chi connectivity index (χ2n) is 6.33. The maximum Gasteiger partial charge on any atom is 0.251 e. The van der Waals surface area contributed by atoms with E-state index in [0.29, 0.717) is 23.7 Å². The standard InChI is InChI=1S/C18H20N6O/c25-18(14-6-2-1-3-7-14)19-9-13-5-4-8-24(10-13)17-15-16(21-11-20-15)22-12-23-17/h1-3,6-7,11-13H,4-5,8-10H2,(H,19,25)(H,20,21,22,23)/t13-/m0/s1. The molecular formula is C18H20N6O. The van der Waals surface area contributed by atoms with E-state index in [1.54, 1.807) is 12.7 Å². The number of carbonyl (C=O) groups excluding carboxylic acids is 1. The summed E-state index contributed by atoms with van der Waals surface area (Å²) >= 11 is 0. The highest BCUT2D eigenvalue weighted by Gasteiger charge is 2.23. The number of imidazole rings is 1. The Balaban J connectivity index is 1.41. The normalized spacial score (nSPS) is 17.6. The molecule has 1 fully saturated rings. The zero-order chi connectivity index (χ0) is 17.1. The van der Waals surface area contributed by atoms with Gasteiger partial charge in [-0.15, -0.1) is 0 Å². The summed E-state index contributed by atoms with van der Waals surface area (Å²) in [6, 6.07) is 9.33. The highest BCUT2D eigenvalue weighted by Crippen LogP contribution is 2.25. The molecule has 7 heteroatoms. The SMILES string of the molecule is O=C(NC[C@@H]1CCCN(c2ncnc3nc[nH]c23)C1)c1ccccc1. The van der Waals surface area contributed by atoms with Crippen LogP contribution in [0.5, 0.6) is 0 Å². The number of fused-ring (bicyclic) bond motifs is 1. The van der Waals surface area contributed by atoms with E-state index in [4.69, 9.17) is 0 Å². The first-order chi connectivity index (χ1) is 12.3. The Morgan fingerprint density at radius 1 is 1.24 bits per heavy atom. The maximum atomic E-state index is 12.2. The molecule has 0 spiro atoms.